The third-order valence-corrected chi connectivity index (χ3v) is 4.02. The zero-order valence-corrected chi connectivity index (χ0v) is 14.6. The quantitative estimate of drug-likeness (QED) is 0.533. The maximum atomic E-state index is 13.0. The third kappa shape index (κ3) is 2.98. The zero-order valence-electron chi connectivity index (χ0n) is 14.6. The third-order valence-electron chi connectivity index (χ3n) is 4.02. The van der Waals surface area contributed by atoms with E-state index in [1.807, 2.05) is 0 Å². The number of nitrogens with zero attached hydrogens (tertiary/aromatic N) is 5. The number of nitrogen functional groups attached to an aromatic ring is 1. The second-order valence-electron chi connectivity index (χ2n) is 5.87. The van der Waals surface area contributed by atoms with E-state index in [1.54, 1.807) is 0 Å². The number of carbonyl (C=O) groups is 1. The number of aromatic nitrogens is 5. The van der Waals surface area contributed by atoms with E-state index in [-0.39, 0.29) is 40.7 Å². The van der Waals surface area contributed by atoms with Crippen molar-refractivity contribution < 1.29 is 13.9 Å². The Hall–Kier alpha value is -4.02. The van der Waals surface area contributed by atoms with E-state index in [0.717, 1.165) is 10.7 Å². The molecule has 3 N–H and O–H groups in total. The molecule has 4 rings (SSSR count). The van der Waals surface area contributed by atoms with Gasteiger partial charge in [0, 0.05) is 12.1 Å². The Morgan fingerprint density at radius 2 is 2.14 bits per heavy atom. The van der Waals surface area contributed by atoms with Gasteiger partial charge in [-0.2, -0.15) is 9.50 Å². The first-order valence-corrected chi connectivity index (χ1v) is 8.10. The number of fused-ring (bicyclic) bond motifs is 2. The number of pyridine rings is 2. The minimum Gasteiger partial charge on any atom is -0.481 e. The molecule has 10 nitrogen and oxygen atoms in total. The van der Waals surface area contributed by atoms with Crippen LogP contribution in [0.5, 0.6) is 5.88 Å². The largest absolute Gasteiger partial charge is 0.481 e. The molecule has 0 unspecified atom stereocenters. The first-order valence-electron chi connectivity index (χ1n) is 8.10. The van der Waals surface area contributed by atoms with E-state index >= 15 is 0 Å². The van der Waals surface area contributed by atoms with Crippen LogP contribution < -0.4 is 21.3 Å². The van der Waals surface area contributed by atoms with Crippen LogP contribution in [0, 0.1) is 5.82 Å². The molecule has 0 bridgehead atoms. The molecular formula is C17H14FN7O3. The number of halogens is 1. The summed E-state index contributed by atoms with van der Waals surface area (Å²) in [4.78, 5) is 33.3. The molecular weight excluding hydrogens is 369 g/mol. The predicted molar refractivity (Wildman–Crippen MR) is 98.5 cm³/mol. The summed E-state index contributed by atoms with van der Waals surface area (Å²) < 4.78 is 20.7. The Morgan fingerprint density at radius 3 is 2.86 bits per heavy atom. The van der Waals surface area contributed by atoms with Crippen molar-refractivity contribution in [1.29, 1.82) is 0 Å². The van der Waals surface area contributed by atoms with Crippen LogP contribution >= 0.6 is 0 Å². The van der Waals surface area contributed by atoms with Gasteiger partial charge in [-0.3, -0.25) is 9.59 Å². The van der Waals surface area contributed by atoms with E-state index in [0.29, 0.717) is 0 Å². The first kappa shape index (κ1) is 17.4. The molecule has 0 aliphatic carbocycles. The van der Waals surface area contributed by atoms with Crippen molar-refractivity contribution in [3.63, 3.8) is 0 Å². The van der Waals surface area contributed by atoms with Gasteiger partial charge in [-0.25, -0.2) is 9.37 Å². The minimum absolute atomic E-state index is 0.119. The average molecular weight is 383 g/mol. The molecule has 28 heavy (non-hydrogen) atoms. The van der Waals surface area contributed by atoms with Crippen molar-refractivity contribution in [3.8, 4) is 5.88 Å². The maximum absolute atomic E-state index is 13.0. The van der Waals surface area contributed by atoms with Crippen LogP contribution in [0.3, 0.4) is 0 Å². The van der Waals surface area contributed by atoms with Gasteiger partial charge in [0.05, 0.1) is 18.7 Å². The SMILES string of the molecule is COc1ccc2c(=O)n3nc(N)cc3n(CC(=O)Nc3ccc(F)cn3)c2n1. The van der Waals surface area contributed by atoms with Crippen molar-refractivity contribution in [2.75, 3.05) is 18.2 Å². The monoisotopic (exact) mass is 383 g/mol. The summed E-state index contributed by atoms with van der Waals surface area (Å²) >= 11 is 0. The molecule has 0 aliphatic heterocycles. The Balaban J connectivity index is 1.83. The van der Waals surface area contributed by atoms with Crippen LogP contribution in [0.2, 0.25) is 0 Å². The first-order chi connectivity index (χ1) is 13.5. The van der Waals surface area contributed by atoms with E-state index in [1.165, 1.54) is 42.0 Å². The highest BCUT2D eigenvalue weighted by Gasteiger charge is 2.17. The summed E-state index contributed by atoms with van der Waals surface area (Å²) in [7, 11) is 1.44. The predicted octanol–water partition coefficient (Wildman–Crippen LogP) is 0.808. The van der Waals surface area contributed by atoms with Crippen molar-refractivity contribution in [2.45, 2.75) is 6.54 Å². The van der Waals surface area contributed by atoms with Crippen LogP contribution in [-0.2, 0) is 11.3 Å². The van der Waals surface area contributed by atoms with Crippen LogP contribution in [0.1, 0.15) is 0 Å². The van der Waals surface area contributed by atoms with Crippen LogP contribution in [0.4, 0.5) is 16.0 Å². The van der Waals surface area contributed by atoms with Gasteiger partial charge < -0.3 is 20.4 Å². The molecule has 1 amide bonds. The van der Waals surface area contributed by atoms with Crippen LogP contribution in [-0.4, -0.2) is 37.2 Å². The molecule has 0 saturated heterocycles. The molecule has 4 heterocycles. The lowest BCUT2D eigenvalue weighted by Gasteiger charge is -2.13. The standard InChI is InChI=1S/C17H14FN7O3/c1-28-14-5-3-10-16(22-14)24(15-6-11(19)23-25(15)17(10)27)8-13(26)21-12-4-2-9(18)7-20-12/h2-7H,8H2,1H3,(H2,19,23)(H,20,21,26). The highest BCUT2D eigenvalue weighted by molar-refractivity contribution is 5.91. The number of rotatable bonds is 4. The van der Waals surface area contributed by atoms with Gasteiger partial charge >= 0.3 is 0 Å². The molecule has 0 spiro atoms. The number of hydrogen-bond acceptors (Lipinski definition) is 7. The van der Waals surface area contributed by atoms with Gasteiger partial charge in [-0.05, 0) is 18.2 Å². The summed E-state index contributed by atoms with van der Waals surface area (Å²) in [6.07, 6.45) is 0.993. The smallest absolute Gasteiger partial charge is 0.283 e. The Kier molecular flexibility index (Phi) is 4.11. The number of nitrogens with two attached hydrogens (primary N) is 1. The lowest BCUT2D eigenvalue weighted by atomic mass is 10.3. The molecule has 0 aromatic carbocycles. The molecule has 0 aliphatic rings. The fraction of sp³-hybridized carbons (Fsp3) is 0.118. The molecule has 0 atom stereocenters. The second kappa shape index (κ2) is 6.61. The summed E-state index contributed by atoms with van der Waals surface area (Å²) in [5.41, 5.74) is 5.84. The molecule has 11 heteroatoms. The molecule has 0 fully saturated rings. The summed E-state index contributed by atoms with van der Waals surface area (Å²) in [5.74, 6) is -0.398. The van der Waals surface area contributed by atoms with Crippen molar-refractivity contribution in [1.82, 2.24) is 24.1 Å². The van der Waals surface area contributed by atoms with Gasteiger partial charge in [-0.15, -0.1) is 5.10 Å². The van der Waals surface area contributed by atoms with Gasteiger partial charge in [0.1, 0.15) is 29.6 Å². The van der Waals surface area contributed by atoms with Gasteiger partial charge in [-0.1, -0.05) is 0 Å². The van der Waals surface area contributed by atoms with Crippen molar-refractivity contribution in [2.24, 2.45) is 0 Å². The molecule has 0 saturated carbocycles. The van der Waals surface area contributed by atoms with E-state index in [2.05, 4.69) is 20.4 Å². The van der Waals surface area contributed by atoms with Crippen molar-refractivity contribution in [3.05, 3.63) is 52.7 Å². The number of hydrogen-bond donors (Lipinski definition) is 2. The van der Waals surface area contributed by atoms with Gasteiger partial charge in [0.2, 0.25) is 11.8 Å². The summed E-state index contributed by atoms with van der Waals surface area (Å²) in [5, 5.41) is 6.78. The van der Waals surface area contributed by atoms with E-state index < -0.39 is 17.3 Å². The Morgan fingerprint density at radius 1 is 1.32 bits per heavy atom. The number of amides is 1. The normalized spacial score (nSPS) is 11.1. The lowest BCUT2D eigenvalue weighted by molar-refractivity contribution is -0.116. The highest BCUT2D eigenvalue weighted by Crippen LogP contribution is 2.18. The molecule has 4 aromatic rings. The molecule has 0 radical (unpaired) electrons. The molecule has 142 valence electrons. The lowest BCUT2D eigenvalue weighted by Crippen LogP contribution is -2.25. The fourth-order valence-electron chi connectivity index (χ4n) is 2.80. The fourth-order valence-corrected chi connectivity index (χ4v) is 2.80. The zero-order chi connectivity index (χ0) is 19.8. The number of methoxy groups -OCH3 is 1. The number of nitrogens with one attached hydrogen (secondary N) is 1. The summed E-state index contributed by atoms with van der Waals surface area (Å²) in [6.45, 7) is -0.218. The van der Waals surface area contributed by atoms with Crippen LogP contribution in [0.25, 0.3) is 16.7 Å². The van der Waals surface area contributed by atoms with E-state index in [9.17, 15) is 14.0 Å². The average Bonchev–Trinajstić information content (AvgIpc) is 3.08. The van der Waals surface area contributed by atoms with Gasteiger partial charge in [0.15, 0.2) is 5.65 Å². The van der Waals surface area contributed by atoms with E-state index in [4.69, 9.17) is 10.5 Å². The Labute approximate surface area is 156 Å². The van der Waals surface area contributed by atoms with Gasteiger partial charge in [0.25, 0.3) is 5.56 Å². The number of anilines is 2. The number of carbonyl (C=O) groups excluding carboxylic acids is 1. The van der Waals surface area contributed by atoms with Crippen molar-refractivity contribution >= 4 is 34.2 Å². The Bertz CT molecular complexity index is 1260. The second-order valence-corrected chi connectivity index (χ2v) is 5.87. The minimum atomic E-state index is -0.517. The highest BCUT2D eigenvalue weighted by atomic mass is 19.1. The topological polar surface area (TPSA) is 129 Å². The molecule has 4 aromatic heterocycles. The summed E-state index contributed by atoms with van der Waals surface area (Å²) in [6, 6.07) is 7.06. The maximum Gasteiger partial charge on any atom is 0.283 e. The van der Waals surface area contributed by atoms with Crippen LogP contribution in [0.15, 0.2) is 41.3 Å². The number of ether oxygens (including phenoxy) is 1.